The molecule has 4 heteroatoms. The molecule has 3 aliphatic carbocycles. The normalized spacial score (nSPS) is 19.5. The van der Waals surface area contributed by atoms with E-state index in [9.17, 15) is 0 Å². The van der Waals surface area contributed by atoms with Crippen molar-refractivity contribution in [2.24, 2.45) is 0 Å². The largest absolute Gasteiger partial charge is 0.355 e. The summed E-state index contributed by atoms with van der Waals surface area (Å²) in [6, 6.07) is 47.2. The van der Waals surface area contributed by atoms with Gasteiger partial charge in [-0.25, -0.2) is 0 Å². The van der Waals surface area contributed by atoms with Gasteiger partial charge in [-0.15, -0.1) is 11.3 Å². The molecule has 0 saturated carbocycles. The second-order valence-electron chi connectivity index (χ2n) is 26.1. The van der Waals surface area contributed by atoms with E-state index < -0.39 is 0 Å². The van der Waals surface area contributed by atoms with Gasteiger partial charge in [-0.2, -0.15) is 0 Å². The lowest BCUT2D eigenvalue weighted by molar-refractivity contribution is 0.331. The molecule has 1 aromatic heterocycles. The number of anilines is 5. The van der Waals surface area contributed by atoms with Crippen LogP contribution in [0.4, 0.5) is 28.4 Å². The van der Waals surface area contributed by atoms with Crippen molar-refractivity contribution in [2.75, 3.05) is 10.2 Å². The fourth-order valence-corrected chi connectivity index (χ4v) is 14.5. The lowest BCUT2D eigenvalue weighted by Crippen LogP contribution is -2.44. The molecule has 0 bridgehead atoms. The smallest absolute Gasteiger partial charge is 0.197 e. The van der Waals surface area contributed by atoms with Crippen LogP contribution in [0.3, 0.4) is 0 Å². The average molecular weight is 948 g/mol. The number of fused-ring (bicyclic) bond motifs is 8. The Kier molecular flexibility index (Phi) is 10.3. The van der Waals surface area contributed by atoms with Gasteiger partial charge in [-0.3, -0.25) is 0 Å². The summed E-state index contributed by atoms with van der Waals surface area (Å²) in [5.74, 6) is 0. The SMILES string of the molecule is Cc1cc2c(cc1N1c3cc4c(cc3[B]c3c1cc1sc5ccccc5c1c3-c1cc3c(cc1Nc1ccc(-c5ccccc5)cc1)C(C)(C)CCC3(C)C)C(C)(C)CCC4(C)C)C(C)(C)CCC2(C)C. The molecule has 0 atom stereocenters. The molecule has 0 unspecified atom stereocenters. The Morgan fingerprint density at radius 2 is 0.958 bits per heavy atom. The number of aryl methyl sites for hydroxylation is 1. The van der Waals surface area contributed by atoms with E-state index in [2.05, 4.69) is 229 Å². The molecular weight excluding hydrogens is 876 g/mol. The van der Waals surface area contributed by atoms with Crippen LogP contribution in [0.1, 0.15) is 161 Å². The zero-order chi connectivity index (χ0) is 49.8. The van der Waals surface area contributed by atoms with Crippen molar-refractivity contribution in [3.05, 3.63) is 160 Å². The molecule has 2 nitrogen and oxygen atoms in total. The van der Waals surface area contributed by atoms with Gasteiger partial charge in [0.25, 0.3) is 0 Å². The Morgan fingerprint density at radius 3 is 1.56 bits per heavy atom. The van der Waals surface area contributed by atoms with E-state index in [4.69, 9.17) is 0 Å². The monoisotopic (exact) mass is 948 g/mol. The fourth-order valence-electron chi connectivity index (χ4n) is 13.4. The highest BCUT2D eigenvalue weighted by atomic mass is 32.1. The Balaban J connectivity index is 1.19. The maximum Gasteiger partial charge on any atom is 0.197 e. The molecule has 0 saturated heterocycles. The van der Waals surface area contributed by atoms with Crippen molar-refractivity contribution in [3.63, 3.8) is 0 Å². The highest BCUT2D eigenvalue weighted by Crippen LogP contribution is 2.55. The maximum atomic E-state index is 4.14. The predicted molar refractivity (Wildman–Crippen MR) is 310 cm³/mol. The average Bonchev–Trinajstić information content (AvgIpc) is 3.70. The molecular formula is C67H72BN2S. The number of hydrogen-bond acceptors (Lipinski definition) is 3. The quantitative estimate of drug-likeness (QED) is 0.173. The third-order valence-corrected chi connectivity index (χ3v) is 19.5. The van der Waals surface area contributed by atoms with Crippen LogP contribution in [0, 0.1) is 6.92 Å². The number of nitrogens with one attached hydrogen (secondary N) is 1. The highest BCUT2D eigenvalue weighted by Gasteiger charge is 2.43. The molecule has 0 spiro atoms. The summed E-state index contributed by atoms with van der Waals surface area (Å²) in [5.41, 5.74) is 24.4. The van der Waals surface area contributed by atoms with Gasteiger partial charge in [0, 0.05) is 54.2 Å². The van der Waals surface area contributed by atoms with Crippen molar-refractivity contribution in [1.82, 2.24) is 0 Å². The van der Waals surface area contributed by atoms with Gasteiger partial charge in [0.2, 0.25) is 0 Å². The van der Waals surface area contributed by atoms with E-state index in [1.165, 1.54) is 141 Å². The van der Waals surface area contributed by atoms with Crippen LogP contribution in [-0.4, -0.2) is 7.28 Å². The van der Waals surface area contributed by atoms with Gasteiger partial charge in [-0.05, 0) is 188 Å². The van der Waals surface area contributed by atoms with Crippen molar-refractivity contribution < 1.29 is 0 Å². The van der Waals surface area contributed by atoms with E-state index in [-0.39, 0.29) is 32.5 Å². The summed E-state index contributed by atoms with van der Waals surface area (Å²) in [4.78, 5) is 2.73. The van der Waals surface area contributed by atoms with Gasteiger partial charge in [-0.1, -0.05) is 161 Å². The van der Waals surface area contributed by atoms with Crippen LogP contribution in [0.5, 0.6) is 0 Å². The van der Waals surface area contributed by atoms with Crippen LogP contribution < -0.4 is 21.1 Å². The third-order valence-electron chi connectivity index (χ3n) is 18.4. The van der Waals surface area contributed by atoms with E-state index in [1.807, 2.05) is 11.3 Å². The van der Waals surface area contributed by atoms with Crippen molar-refractivity contribution >= 4 is 78.2 Å². The molecule has 71 heavy (non-hydrogen) atoms. The first-order valence-electron chi connectivity index (χ1n) is 26.6. The van der Waals surface area contributed by atoms with E-state index in [0.717, 1.165) is 18.5 Å². The second kappa shape index (κ2) is 15.7. The van der Waals surface area contributed by atoms with Crippen LogP contribution >= 0.6 is 11.3 Å². The highest BCUT2D eigenvalue weighted by molar-refractivity contribution is 7.26. The number of benzene rings is 7. The van der Waals surface area contributed by atoms with Crippen LogP contribution in [0.2, 0.25) is 0 Å². The first-order valence-corrected chi connectivity index (χ1v) is 27.4. The minimum Gasteiger partial charge on any atom is -0.355 e. The minimum atomic E-state index is 0.0146. The predicted octanol–water partition coefficient (Wildman–Crippen LogP) is 17.9. The topological polar surface area (TPSA) is 15.3 Å². The first kappa shape index (κ1) is 46.5. The minimum absolute atomic E-state index is 0.0146. The first-order chi connectivity index (χ1) is 33.5. The van der Waals surface area contributed by atoms with E-state index in [0.29, 0.717) is 0 Å². The Hall–Kier alpha value is -5.58. The summed E-state index contributed by atoms with van der Waals surface area (Å²) in [6.07, 6.45) is 7.03. The molecule has 0 amide bonds. The summed E-state index contributed by atoms with van der Waals surface area (Å²) >= 11 is 1.95. The van der Waals surface area contributed by atoms with E-state index in [1.54, 1.807) is 0 Å². The molecule has 359 valence electrons. The number of nitrogens with zero attached hydrogens (tertiary/aromatic N) is 1. The second-order valence-corrected chi connectivity index (χ2v) is 27.2. The number of thiophene rings is 1. The lowest BCUT2D eigenvalue weighted by Gasteiger charge is -2.46. The Labute approximate surface area is 429 Å². The molecule has 0 fully saturated rings. The zero-order valence-electron chi connectivity index (χ0n) is 44.7. The molecule has 8 aromatic rings. The number of rotatable bonds is 5. The standard InChI is InChI=1S/C67H72BN2S/c1-40-33-46-50(66(10,11)31-27-62(46,2)3)37-54(40)70-55-38-51-48(64(6,7)29-32-67(51,12)13)35-52(55)68-61-56(70)39-58-59(44-21-17-18-22-57(44)71-58)60(61)45-34-47-49(65(8,9)30-28-63(47,4)5)36-53(45)69-43-25-23-42(24-26-43)41-19-15-14-16-20-41/h14-26,33-39,69H,27-32H2,1-13H3. The summed E-state index contributed by atoms with van der Waals surface area (Å²) < 4.78 is 2.65. The lowest BCUT2D eigenvalue weighted by atomic mass is 9.54. The Bertz CT molecular complexity index is 3460. The van der Waals surface area contributed by atoms with Gasteiger partial charge in [0.1, 0.15) is 0 Å². The van der Waals surface area contributed by atoms with Crippen molar-refractivity contribution in [1.29, 1.82) is 0 Å². The maximum absolute atomic E-state index is 4.14. The fraction of sp³-hybridized carbons (Fsp3) is 0.373. The van der Waals surface area contributed by atoms with E-state index >= 15 is 0 Å². The number of hydrogen-bond donors (Lipinski definition) is 1. The van der Waals surface area contributed by atoms with Gasteiger partial charge < -0.3 is 10.2 Å². The van der Waals surface area contributed by atoms with Crippen molar-refractivity contribution in [3.8, 4) is 22.3 Å². The summed E-state index contributed by atoms with van der Waals surface area (Å²) in [7, 11) is 2.61. The Morgan fingerprint density at radius 1 is 0.465 bits per heavy atom. The summed E-state index contributed by atoms with van der Waals surface area (Å²) in [5, 5.41) is 6.81. The van der Waals surface area contributed by atoms with Crippen LogP contribution in [0.15, 0.2) is 121 Å². The molecule has 12 rings (SSSR count). The molecule has 4 aliphatic rings. The van der Waals surface area contributed by atoms with Gasteiger partial charge in [0.05, 0.1) is 0 Å². The molecule has 1 radical (unpaired) electrons. The third kappa shape index (κ3) is 7.38. The van der Waals surface area contributed by atoms with Crippen molar-refractivity contribution in [2.45, 2.75) is 161 Å². The van der Waals surface area contributed by atoms with Gasteiger partial charge in [0.15, 0.2) is 7.28 Å². The van der Waals surface area contributed by atoms with Crippen LogP contribution in [-0.2, 0) is 32.5 Å². The summed E-state index contributed by atoms with van der Waals surface area (Å²) in [6.45, 7) is 32.1. The van der Waals surface area contributed by atoms with Gasteiger partial charge >= 0.3 is 0 Å². The zero-order valence-corrected chi connectivity index (χ0v) is 45.5. The molecule has 7 aromatic carbocycles. The van der Waals surface area contributed by atoms with Crippen LogP contribution in [0.25, 0.3) is 42.4 Å². The molecule has 2 heterocycles. The molecule has 1 N–H and O–H groups in total. The molecule has 1 aliphatic heterocycles.